The third-order valence-electron chi connectivity index (χ3n) is 3.32. The average molecular weight is 237 g/mol. The van der Waals surface area contributed by atoms with Crippen molar-refractivity contribution in [2.75, 3.05) is 6.54 Å². The molecule has 0 aliphatic carbocycles. The van der Waals surface area contributed by atoms with Crippen LogP contribution in [-0.4, -0.2) is 28.6 Å². The van der Waals surface area contributed by atoms with Crippen LogP contribution in [0.4, 0.5) is 0 Å². The van der Waals surface area contributed by atoms with Crippen LogP contribution >= 0.6 is 0 Å². The Morgan fingerprint density at radius 1 is 1.53 bits per heavy atom. The molecule has 17 heavy (non-hydrogen) atoms. The molecule has 0 aromatic carbocycles. The smallest absolute Gasteiger partial charge is 0.224 e. The number of hydrogen-bond acceptors (Lipinski definition) is 4. The maximum Gasteiger partial charge on any atom is 0.224 e. The summed E-state index contributed by atoms with van der Waals surface area (Å²) in [6.07, 6.45) is 1.34. The van der Waals surface area contributed by atoms with E-state index in [0.29, 0.717) is 6.42 Å². The number of aryl methyl sites for hydroxylation is 2. The summed E-state index contributed by atoms with van der Waals surface area (Å²) in [6.45, 7) is 6.56. The first-order valence-corrected chi connectivity index (χ1v) is 6.04. The Morgan fingerprint density at radius 3 is 2.76 bits per heavy atom. The highest BCUT2D eigenvalue weighted by Crippen LogP contribution is 2.35. The van der Waals surface area contributed by atoms with Gasteiger partial charge in [-0.2, -0.15) is 0 Å². The van der Waals surface area contributed by atoms with Crippen molar-refractivity contribution in [1.82, 2.24) is 10.1 Å². The number of nitrogens with zero attached hydrogens (tertiary/aromatic N) is 2. The maximum absolute atomic E-state index is 11.9. The lowest BCUT2D eigenvalue weighted by Crippen LogP contribution is -2.34. The van der Waals surface area contributed by atoms with Gasteiger partial charge in [0.15, 0.2) is 0 Å². The molecular weight excluding hydrogens is 218 g/mol. The molecular formula is C12H19N3O2. The number of amides is 1. The number of nitrogens with two attached hydrogens (primary N) is 1. The van der Waals surface area contributed by atoms with Crippen molar-refractivity contribution in [1.29, 1.82) is 0 Å². The third kappa shape index (κ3) is 1.95. The number of carbonyl (C=O) groups is 1. The first kappa shape index (κ1) is 12.1. The van der Waals surface area contributed by atoms with Crippen LogP contribution < -0.4 is 5.73 Å². The van der Waals surface area contributed by atoms with E-state index in [1.54, 1.807) is 0 Å². The standard InChI is InChI=1S/C12H19N3O2/c1-4-5-15-10(16)6-9(13)12(15)11-7(2)14-17-8(11)3/h9,12H,4-6,13H2,1-3H3. The van der Waals surface area contributed by atoms with E-state index in [1.807, 2.05) is 18.7 Å². The van der Waals surface area contributed by atoms with Crippen molar-refractivity contribution in [3.8, 4) is 0 Å². The van der Waals surface area contributed by atoms with E-state index in [1.165, 1.54) is 0 Å². The molecule has 2 atom stereocenters. The Labute approximate surface area is 101 Å². The maximum atomic E-state index is 11.9. The molecule has 0 saturated carbocycles. The highest BCUT2D eigenvalue weighted by molar-refractivity contribution is 5.80. The minimum absolute atomic E-state index is 0.0753. The number of hydrogen-bond donors (Lipinski definition) is 1. The summed E-state index contributed by atoms with van der Waals surface area (Å²) < 4.78 is 5.17. The molecule has 5 nitrogen and oxygen atoms in total. The molecule has 1 amide bonds. The Bertz CT molecular complexity index is 408. The molecule has 0 radical (unpaired) electrons. The van der Waals surface area contributed by atoms with Crippen LogP contribution in [0.3, 0.4) is 0 Å². The minimum atomic E-state index is -0.161. The summed E-state index contributed by atoms with van der Waals surface area (Å²) in [4.78, 5) is 13.8. The summed E-state index contributed by atoms with van der Waals surface area (Å²) >= 11 is 0. The normalized spacial score (nSPS) is 24.7. The summed E-state index contributed by atoms with van der Waals surface area (Å²) in [5.41, 5.74) is 7.90. The van der Waals surface area contributed by atoms with Gasteiger partial charge in [-0.25, -0.2) is 0 Å². The molecule has 2 N–H and O–H groups in total. The highest BCUT2D eigenvalue weighted by atomic mass is 16.5. The molecule has 1 aliphatic rings. The zero-order chi connectivity index (χ0) is 12.6. The van der Waals surface area contributed by atoms with Gasteiger partial charge >= 0.3 is 0 Å². The van der Waals surface area contributed by atoms with Gasteiger partial charge in [-0.05, 0) is 20.3 Å². The van der Waals surface area contributed by atoms with Crippen molar-refractivity contribution in [2.24, 2.45) is 5.73 Å². The number of rotatable bonds is 3. The second-order valence-corrected chi connectivity index (χ2v) is 4.64. The van der Waals surface area contributed by atoms with Crippen molar-refractivity contribution < 1.29 is 9.32 Å². The first-order chi connectivity index (χ1) is 8.06. The van der Waals surface area contributed by atoms with Gasteiger partial charge in [0.1, 0.15) is 5.76 Å². The molecule has 0 bridgehead atoms. The van der Waals surface area contributed by atoms with Gasteiger partial charge < -0.3 is 15.2 Å². The quantitative estimate of drug-likeness (QED) is 0.860. The predicted octanol–water partition coefficient (Wildman–Crippen LogP) is 1.30. The Kier molecular flexibility index (Phi) is 3.19. The van der Waals surface area contributed by atoms with Crippen LogP contribution in [-0.2, 0) is 4.79 Å². The zero-order valence-corrected chi connectivity index (χ0v) is 10.6. The number of aromatic nitrogens is 1. The second kappa shape index (κ2) is 4.49. The Hall–Kier alpha value is -1.36. The van der Waals surface area contributed by atoms with Crippen LogP contribution in [0.15, 0.2) is 4.52 Å². The van der Waals surface area contributed by atoms with Crippen LogP contribution in [0.1, 0.15) is 42.8 Å². The zero-order valence-electron chi connectivity index (χ0n) is 10.6. The van der Waals surface area contributed by atoms with Crippen LogP contribution in [0.2, 0.25) is 0 Å². The van der Waals surface area contributed by atoms with E-state index in [9.17, 15) is 4.79 Å². The second-order valence-electron chi connectivity index (χ2n) is 4.64. The monoisotopic (exact) mass is 237 g/mol. The molecule has 2 heterocycles. The van der Waals surface area contributed by atoms with E-state index < -0.39 is 0 Å². The first-order valence-electron chi connectivity index (χ1n) is 6.04. The van der Waals surface area contributed by atoms with Gasteiger partial charge in [0.25, 0.3) is 0 Å². The van der Waals surface area contributed by atoms with Gasteiger partial charge in [-0.1, -0.05) is 12.1 Å². The van der Waals surface area contributed by atoms with Gasteiger partial charge in [0, 0.05) is 24.6 Å². The van der Waals surface area contributed by atoms with E-state index >= 15 is 0 Å². The molecule has 2 unspecified atom stereocenters. The molecule has 0 spiro atoms. The Balaban J connectivity index is 2.38. The fourth-order valence-electron chi connectivity index (χ4n) is 2.60. The highest BCUT2D eigenvalue weighted by Gasteiger charge is 2.40. The number of carbonyl (C=O) groups excluding carboxylic acids is 1. The summed E-state index contributed by atoms with van der Waals surface area (Å²) in [7, 11) is 0. The van der Waals surface area contributed by atoms with Crippen molar-refractivity contribution >= 4 is 5.91 Å². The fraction of sp³-hybridized carbons (Fsp3) is 0.667. The topological polar surface area (TPSA) is 72.4 Å². The molecule has 1 saturated heterocycles. The summed E-state index contributed by atoms with van der Waals surface area (Å²) in [5, 5.41) is 3.95. The summed E-state index contributed by atoms with van der Waals surface area (Å²) in [6, 6.07) is -0.237. The predicted molar refractivity (Wildman–Crippen MR) is 63.3 cm³/mol. The van der Waals surface area contributed by atoms with Crippen LogP contribution in [0.25, 0.3) is 0 Å². The largest absolute Gasteiger partial charge is 0.361 e. The lowest BCUT2D eigenvalue weighted by atomic mass is 9.99. The lowest BCUT2D eigenvalue weighted by molar-refractivity contribution is -0.129. The van der Waals surface area contributed by atoms with Gasteiger partial charge in [-0.15, -0.1) is 0 Å². The van der Waals surface area contributed by atoms with Gasteiger partial charge in [-0.3, -0.25) is 4.79 Å². The van der Waals surface area contributed by atoms with Crippen molar-refractivity contribution in [3.05, 3.63) is 17.0 Å². The van der Waals surface area contributed by atoms with Crippen LogP contribution in [0.5, 0.6) is 0 Å². The van der Waals surface area contributed by atoms with E-state index in [2.05, 4.69) is 12.1 Å². The average Bonchev–Trinajstić information content (AvgIpc) is 2.71. The SMILES string of the molecule is CCCN1C(=O)CC(N)C1c1c(C)noc1C. The molecule has 1 aromatic heterocycles. The van der Waals surface area contributed by atoms with E-state index in [4.69, 9.17) is 10.3 Å². The molecule has 1 aromatic rings. The minimum Gasteiger partial charge on any atom is -0.361 e. The number of likely N-dealkylation sites (tertiary alicyclic amines) is 1. The van der Waals surface area contributed by atoms with Crippen LogP contribution in [0, 0.1) is 13.8 Å². The molecule has 1 aliphatic heterocycles. The van der Waals surface area contributed by atoms with Crippen molar-refractivity contribution in [2.45, 2.75) is 45.7 Å². The van der Waals surface area contributed by atoms with E-state index in [0.717, 1.165) is 30.0 Å². The van der Waals surface area contributed by atoms with Crippen molar-refractivity contribution in [3.63, 3.8) is 0 Å². The third-order valence-corrected chi connectivity index (χ3v) is 3.32. The molecule has 5 heteroatoms. The Morgan fingerprint density at radius 2 is 2.24 bits per heavy atom. The van der Waals surface area contributed by atoms with Gasteiger partial charge in [0.2, 0.25) is 5.91 Å². The lowest BCUT2D eigenvalue weighted by Gasteiger charge is -2.26. The summed E-state index contributed by atoms with van der Waals surface area (Å²) in [5.74, 6) is 0.892. The van der Waals surface area contributed by atoms with E-state index in [-0.39, 0.29) is 18.0 Å². The molecule has 94 valence electrons. The molecule has 1 fully saturated rings. The fourth-order valence-corrected chi connectivity index (χ4v) is 2.60. The van der Waals surface area contributed by atoms with Gasteiger partial charge in [0.05, 0.1) is 11.7 Å². The molecule has 2 rings (SSSR count).